The summed E-state index contributed by atoms with van der Waals surface area (Å²) in [6.45, 7) is 10.3. The van der Waals surface area contributed by atoms with Gasteiger partial charge in [0.1, 0.15) is 5.78 Å². The van der Waals surface area contributed by atoms with Crippen LogP contribution in [0.1, 0.15) is 33.6 Å². The van der Waals surface area contributed by atoms with Gasteiger partial charge in [0.15, 0.2) is 0 Å². The summed E-state index contributed by atoms with van der Waals surface area (Å²) in [7, 11) is 0. The summed E-state index contributed by atoms with van der Waals surface area (Å²) in [5.41, 5.74) is -0.0297. The number of ketones is 1. The van der Waals surface area contributed by atoms with E-state index in [1.54, 1.807) is 11.8 Å². The number of Topliss-reactive ketones (excluding diaryl/α,β-unsaturated/α-hetero) is 1. The SMILES string of the molecule is C=CC1CC1(CC(C)C)C(=O)CSCC. The van der Waals surface area contributed by atoms with E-state index in [1.807, 2.05) is 6.08 Å². The first-order valence-electron chi connectivity index (χ1n) is 5.80. The van der Waals surface area contributed by atoms with Gasteiger partial charge in [-0.15, -0.1) is 6.58 Å². The van der Waals surface area contributed by atoms with Crippen LogP contribution >= 0.6 is 11.8 Å². The maximum absolute atomic E-state index is 12.1. The van der Waals surface area contributed by atoms with Crippen molar-refractivity contribution in [3.8, 4) is 0 Å². The zero-order valence-corrected chi connectivity index (χ0v) is 10.9. The van der Waals surface area contributed by atoms with E-state index in [0.717, 1.165) is 18.6 Å². The standard InChI is InChI=1S/C13H22OS/c1-5-11-8-13(11,7-10(3)4)12(14)9-15-6-2/h5,10-11H,1,6-9H2,2-4H3. The Morgan fingerprint density at radius 3 is 2.73 bits per heavy atom. The van der Waals surface area contributed by atoms with Crippen LogP contribution in [0.2, 0.25) is 0 Å². The van der Waals surface area contributed by atoms with Crippen LogP contribution in [0.4, 0.5) is 0 Å². The maximum atomic E-state index is 12.1. The molecule has 0 aromatic rings. The molecule has 0 N–H and O–H groups in total. The highest BCUT2D eigenvalue weighted by Crippen LogP contribution is 2.58. The number of thioether (sulfide) groups is 1. The number of hydrogen-bond acceptors (Lipinski definition) is 2. The minimum Gasteiger partial charge on any atom is -0.298 e. The molecule has 0 aliphatic heterocycles. The number of rotatable bonds is 7. The van der Waals surface area contributed by atoms with Gasteiger partial charge in [0, 0.05) is 5.41 Å². The van der Waals surface area contributed by atoms with Crippen LogP contribution in [0.3, 0.4) is 0 Å². The Morgan fingerprint density at radius 1 is 1.67 bits per heavy atom. The summed E-state index contributed by atoms with van der Waals surface area (Å²) in [4.78, 5) is 12.1. The summed E-state index contributed by atoms with van der Waals surface area (Å²) in [5.74, 6) is 3.22. The van der Waals surface area contributed by atoms with Gasteiger partial charge in [-0.05, 0) is 30.4 Å². The second kappa shape index (κ2) is 5.20. The lowest BCUT2D eigenvalue weighted by Gasteiger charge is -2.17. The monoisotopic (exact) mass is 226 g/mol. The average molecular weight is 226 g/mol. The number of hydrogen-bond donors (Lipinski definition) is 0. The van der Waals surface area contributed by atoms with Crippen molar-refractivity contribution in [2.24, 2.45) is 17.3 Å². The molecule has 0 bridgehead atoms. The van der Waals surface area contributed by atoms with Crippen molar-refractivity contribution in [1.82, 2.24) is 0 Å². The lowest BCUT2D eigenvalue weighted by atomic mass is 9.88. The molecule has 1 saturated carbocycles. The summed E-state index contributed by atoms with van der Waals surface area (Å²) >= 11 is 1.74. The third kappa shape index (κ3) is 2.87. The molecule has 2 unspecified atom stereocenters. The molecule has 0 heterocycles. The minimum absolute atomic E-state index is 0.0297. The quantitative estimate of drug-likeness (QED) is 0.618. The highest BCUT2D eigenvalue weighted by molar-refractivity contribution is 7.99. The van der Waals surface area contributed by atoms with Crippen molar-refractivity contribution in [3.05, 3.63) is 12.7 Å². The Kier molecular flexibility index (Phi) is 4.45. The molecule has 2 atom stereocenters. The summed E-state index contributed by atoms with van der Waals surface area (Å²) in [5, 5.41) is 0. The molecule has 86 valence electrons. The first-order valence-corrected chi connectivity index (χ1v) is 6.96. The van der Waals surface area contributed by atoms with E-state index in [0.29, 0.717) is 23.4 Å². The molecule has 2 heteroatoms. The van der Waals surface area contributed by atoms with Crippen LogP contribution in [0.25, 0.3) is 0 Å². The predicted octanol–water partition coefficient (Wildman–Crippen LogP) is 3.55. The van der Waals surface area contributed by atoms with Gasteiger partial charge in [-0.3, -0.25) is 4.79 Å². The smallest absolute Gasteiger partial charge is 0.149 e. The molecule has 0 aromatic carbocycles. The number of carbonyl (C=O) groups excluding carboxylic acids is 1. The van der Waals surface area contributed by atoms with E-state index in [-0.39, 0.29) is 5.41 Å². The van der Waals surface area contributed by atoms with Crippen LogP contribution in [-0.4, -0.2) is 17.3 Å². The van der Waals surface area contributed by atoms with Crippen molar-refractivity contribution >= 4 is 17.5 Å². The van der Waals surface area contributed by atoms with Crippen LogP contribution in [0.15, 0.2) is 12.7 Å². The van der Waals surface area contributed by atoms with Gasteiger partial charge in [-0.25, -0.2) is 0 Å². The molecule has 1 fully saturated rings. The Morgan fingerprint density at radius 2 is 2.33 bits per heavy atom. The summed E-state index contributed by atoms with van der Waals surface area (Å²) in [6, 6.07) is 0. The molecule has 1 aliphatic rings. The van der Waals surface area contributed by atoms with Crippen LogP contribution < -0.4 is 0 Å². The lowest BCUT2D eigenvalue weighted by Crippen LogP contribution is -2.22. The molecule has 15 heavy (non-hydrogen) atoms. The van der Waals surface area contributed by atoms with Gasteiger partial charge in [0.25, 0.3) is 0 Å². The Hall–Kier alpha value is -0.240. The van der Waals surface area contributed by atoms with Crippen LogP contribution in [-0.2, 0) is 4.79 Å². The van der Waals surface area contributed by atoms with E-state index >= 15 is 0 Å². The van der Waals surface area contributed by atoms with Crippen LogP contribution in [0, 0.1) is 17.3 Å². The molecule has 0 spiro atoms. The van der Waals surface area contributed by atoms with Gasteiger partial charge < -0.3 is 0 Å². The van der Waals surface area contributed by atoms with Crippen molar-refractivity contribution < 1.29 is 4.79 Å². The number of allylic oxidation sites excluding steroid dienone is 1. The molecule has 1 rings (SSSR count). The topological polar surface area (TPSA) is 17.1 Å². The minimum atomic E-state index is -0.0297. The third-order valence-electron chi connectivity index (χ3n) is 3.18. The van der Waals surface area contributed by atoms with E-state index in [9.17, 15) is 4.79 Å². The molecule has 1 nitrogen and oxygen atoms in total. The van der Waals surface area contributed by atoms with Crippen LogP contribution in [0.5, 0.6) is 0 Å². The Balaban J connectivity index is 2.59. The molecule has 0 aromatic heterocycles. The average Bonchev–Trinajstić information content (AvgIpc) is 2.88. The van der Waals surface area contributed by atoms with Gasteiger partial charge in [0.2, 0.25) is 0 Å². The van der Waals surface area contributed by atoms with Crippen molar-refractivity contribution in [2.45, 2.75) is 33.6 Å². The van der Waals surface area contributed by atoms with Crippen molar-refractivity contribution in [2.75, 3.05) is 11.5 Å². The first kappa shape index (κ1) is 12.8. The van der Waals surface area contributed by atoms with Gasteiger partial charge in [-0.2, -0.15) is 11.8 Å². The van der Waals surface area contributed by atoms with E-state index in [2.05, 4.69) is 27.4 Å². The molecule has 0 amide bonds. The van der Waals surface area contributed by atoms with E-state index in [4.69, 9.17) is 0 Å². The van der Waals surface area contributed by atoms with Gasteiger partial charge in [0.05, 0.1) is 5.75 Å². The van der Waals surface area contributed by atoms with Gasteiger partial charge in [-0.1, -0.05) is 26.8 Å². The highest BCUT2D eigenvalue weighted by atomic mass is 32.2. The second-order valence-corrected chi connectivity index (χ2v) is 6.14. The van der Waals surface area contributed by atoms with E-state index in [1.165, 1.54) is 0 Å². The largest absolute Gasteiger partial charge is 0.298 e. The summed E-state index contributed by atoms with van der Waals surface area (Å²) < 4.78 is 0. The molecule has 1 aliphatic carbocycles. The predicted molar refractivity (Wildman–Crippen MR) is 68.2 cm³/mol. The molecule has 0 saturated heterocycles. The zero-order valence-electron chi connectivity index (χ0n) is 10.1. The third-order valence-corrected chi connectivity index (χ3v) is 4.06. The number of carbonyl (C=O) groups is 1. The zero-order chi connectivity index (χ0) is 11.5. The fourth-order valence-electron chi connectivity index (χ4n) is 2.38. The second-order valence-electron chi connectivity index (χ2n) is 4.86. The first-order chi connectivity index (χ1) is 7.06. The normalized spacial score (nSPS) is 29.2. The van der Waals surface area contributed by atoms with Crippen molar-refractivity contribution in [1.29, 1.82) is 0 Å². The highest BCUT2D eigenvalue weighted by Gasteiger charge is 2.57. The lowest BCUT2D eigenvalue weighted by molar-refractivity contribution is -0.122. The molecule has 0 radical (unpaired) electrons. The maximum Gasteiger partial charge on any atom is 0.149 e. The fraction of sp³-hybridized carbons (Fsp3) is 0.769. The molecular formula is C13H22OS. The molecular weight excluding hydrogens is 204 g/mol. The van der Waals surface area contributed by atoms with Gasteiger partial charge >= 0.3 is 0 Å². The van der Waals surface area contributed by atoms with Crippen molar-refractivity contribution in [3.63, 3.8) is 0 Å². The Labute approximate surface area is 97.7 Å². The summed E-state index contributed by atoms with van der Waals surface area (Å²) in [6.07, 6.45) is 4.04. The Bertz CT molecular complexity index is 247. The van der Waals surface area contributed by atoms with E-state index < -0.39 is 0 Å². The fourth-order valence-corrected chi connectivity index (χ4v) is 3.06.